The molecule has 1 aromatic carbocycles. The number of benzene rings is 1. The van der Waals surface area contributed by atoms with Gasteiger partial charge in [-0.3, -0.25) is 4.90 Å². The van der Waals surface area contributed by atoms with Gasteiger partial charge in [-0.05, 0) is 17.7 Å². The van der Waals surface area contributed by atoms with Crippen LogP contribution in [0.3, 0.4) is 0 Å². The van der Waals surface area contributed by atoms with E-state index in [1.54, 1.807) is 12.1 Å². The van der Waals surface area contributed by atoms with Crippen molar-refractivity contribution >= 4 is 15.9 Å². The molecular weight excluding hydrogens is 309 g/mol. The van der Waals surface area contributed by atoms with E-state index < -0.39 is 12.2 Å². The number of alkyl halides is 3. The number of halogens is 4. The monoisotopic (exact) mass is 322 g/mol. The van der Waals surface area contributed by atoms with Crippen LogP contribution in [0.5, 0.6) is 0 Å². The molecule has 18 heavy (non-hydrogen) atoms. The second-order valence-corrected chi connectivity index (χ2v) is 5.20. The first-order valence-electron chi connectivity index (χ1n) is 5.75. The summed E-state index contributed by atoms with van der Waals surface area (Å²) in [7, 11) is 0. The van der Waals surface area contributed by atoms with Gasteiger partial charge in [0.15, 0.2) is 0 Å². The van der Waals surface area contributed by atoms with Crippen molar-refractivity contribution < 1.29 is 13.2 Å². The van der Waals surface area contributed by atoms with Crippen LogP contribution < -0.4 is 5.32 Å². The summed E-state index contributed by atoms with van der Waals surface area (Å²) in [4.78, 5) is 1.49. The lowest BCUT2D eigenvalue weighted by Crippen LogP contribution is -2.49. The molecule has 1 aliphatic rings. The van der Waals surface area contributed by atoms with Crippen LogP contribution in [-0.2, 0) is 0 Å². The van der Waals surface area contributed by atoms with E-state index in [2.05, 4.69) is 21.2 Å². The second kappa shape index (κ2) is 5.59. The third-order valence-corrected chi connectivity index (χ3v) is 3.54. The van der Waals surface area contributed by atoms with Crippen molar-refractivity contribution in [1.29, 1.82) is 0 Å². The minimum atomic E-state index is -4.24. The number of nitrogens with zero attached hydrogens (tertiary/aromatic N) is 1. The van der Waals surface area contributed by atoms with Gasteiger partial charge in [-0.25, -0.2) is 0 Å². The Kier molecular flexibility index (Phi) is 4.29. The molecule has 0 aliphatic carbocycles. The van der Waals surface area contributed by atoms with Crippen molar-refractivity contribution in [2.45, 2.75) is 12.2 Å². The van der Waals surface area contributed by atoms with E-state index >= 15 is 0 Å². The Bertz CT molecular complexity index is 385. The van der Waals surface area contributed by atoms with Crippen LogP contribution in [0.25, 0.3) is 0 Å². The number of hydrogen-bond acceptors (Lipinski definition) is 2. The molecule has 1 atom stereocenters. The highest BCUT2D eigenvalue weighted by Gasteiger charge is 2.44. The summed E-state index contributed by atoms with van der Waals surface area (Å²) < 4.78 is 40.4. The fourth-order valence-corrected chi connectivity index (χ4v) is 2.46. The number of nitrogens with one attached hydrogen (secondary N) is 1. The molecule has 0 spiro atoms. The van der Waals surface area contributed by atoms with E-state index in [9.17, 15) is 13.2 Å². The maximum atomic E-state index is 13.2. The molecule has 0 radical (unpaired) electrons. The van der Waals surface area contributed by atoms with Gasteiger partial charge < -0.3 is 5.32 Å². The summed E-state index contributed by atoms with van der Waals surface area (Å²) >= 11 is 3.24. The zero-order valence-corrected chi connectivity index (χ0v) is 11.3. The van der Waals surface area contributed by atoms with Crippen molar-refractivity contribution in [2.75, 3.05) is 26.2 Å². The molecule has 1 N–H and O–H groups in total. The highest BCUT2D eigenvalue weighted by Crippen LogP contribution is 2.38. The van der Waals surface area contributed by atoms with Gasteiger partial charge in [0.2, 0.25) is 0 Å². The smallest absolute Gasteiger partial charge is 0.314 e. The van der Waals surface area contributed by atoms with E-state index in [1.807, 2.05) is 0 Å². The Morgan fingerprint density at radius 3 is 2.17 bits per heavy atom. The molecule has 1 fully saturated rings. The van der Waals surface area contributed by atoms with Gasteiger partial charge in [0.05, 0.1) is 0 Å². The van der Waals surface area contributed by atoms with Crippen molar-refractivity contribution in [3.05, 3.63) is 34.3 Å². The van der Waals surface area contributed by atoms with E-state index in [0.717, 1.165) is 4.47 Å². The molecule has 0 bridgehead atoms. The molecular formula is C12H14BrF3N2. The molecule has 2 nitrogen and oxygen atoms in total. The molecule has 1 heterocycles. The lowest BCUT2D eigenvalue weighted by Gasteiger charge is -2.36. The van der Waals surface area contributed by atoms with Gasteiger partial charge in [0.1, 0.15) is 6.04 Å². The first-order valence-corrected chi connectivity index (χ1v) is 6.55. The number of piperazine rings is 1. The quantitative estimate of drug-likeness (QED) is 0.900. The minimum Gasteiger partial charge on any atom is -0.314 e. The third kappa shape index (κ3) is 3.24. The van der Waals surface area contributed by atoms with E-state index in [0.29, 0.717) is 31.7 Å². The van der Waals surface area contributed by atoms with E-state index in [-0.39, 0.29) is 0 Å². The SMILES string of the molecule is FC(F)(F)[C@@H](c1ccc(Br)cc1)N1CCNCC1. The topological polar surface area (TPSA) is 15.3 Å². The zero-order chi connectivity index (χ0) is 13.2. The molecule has 0 unspecified atom stereocenters. The Balaban J connectivity index is 2.27. The average molecular weight is 323 g/mol. The van der Waals surface area contributed by atoms with Gasteiger partial charge in [-0.15, -0.1) is 0 Å². The van der Waals surface area contributed by atoms with Crippen molar-refractivity contribution in [3.63, 3.8) is 0 Å². The molecule has 1 aliphatic heterocycles. The first kappa shape index (κ1) is 13.8. The zero-order valence-electron chi connectivity index (χ0n) is 9.67. The number of hydrogen-bond donors (Lipinski definition) is 1. The molecule has 1 saturated heterocycles. The third-order valence-electron chi connectivity index (χ3n) is 3.01. The van der Waals surface area contributed by atoms with Gasteiger partial charge >= 0.3 is 6.18 Å². The fourth-order valence-electron chi connectivity index (χ4n) is 2.19. The van der Waals surface area contributed by atoms with Crippen LogP contribution in [0, 0.1) is 0 Å². The Morgan fingerprint density at radius 1 is 1.11 bits per heavy atom. The van der Waals surface area contributed by atoms with Crippen LogP contribution >= 0.6 is 15.9 Å². The minimum absolute atomic E-state index is 0.299. The van der Waals surface area contributed by atoms with Crippen molar-refractivity contribution in [2.24, 2.45) is 0 Å². The lowest BCUT2D eigenvalue weighted by molar-refractivity contribution is -0.187. The standard InChI is InChI=1S/C12H14BrF3N2/c13-10-3-1-9(2-4-10)11(12(14,15)16)18-7-5-17-6-8-18/h1-4,11,17H,5-8H2/t11-/m1/s1. The van der Waals surface area contributed by atoms with Crippen LogP contribution in [0.15, 0.2) is 28.7 Å². The highest BCUT2D eigenvalue weighted by atomic mass is 79.9. The van der Waals surface area contributed by atoms with Crippen LogP contribution in [0.4, 0.5) is 13.2 Å². The van der Waals surface area contributed by atoms with Crippen molar-refractivity contribution in [1.82, 2.24) is 10.2 Å². The van der Waals surface area contributed by atoms with E-state index in [1.165, 1.54) is 17.0 Å². The van der Waals surface area contributed by atoms with Gasteiger partial charge in [0, 0.05) is 30.7 Å². The summed E-state index contributed by atoms with van der Waals surface area (Å²) in [5.74, 6) is 0. The predicted molar refractivity (Wildman–Crippen MR) is 67.4 cm³/mol. The normalized spacial score (nSPS) is 19.8. The predicted octanol–water partition coefficient (Wildman–Crippen LogP) is 2.96. The van der Waals surface area contributed by atoms with Gasteiger partial charge in [-0.2, -0.15) is 13.2 Å². The van der Waals surface area contributed by atoms with E-state index in [4.69, 9.17) is 0 Å². The molecule has 2 rings (SSSR count). The summed E-state index contributed by atoms with van der Waals surface area (Å²) in [6.45, 7) is 2.03. The van der Waals surface area contributed by atoms with Gasteiger partial charge in [0.25, 0.3) is 0 Å². The van der Waals surface area contributed by atoms with Crippen LogP contribution in [-0.4, -0.2) is 37.3 Å². The molecule has 6 heteroatoms. The Labute approximate surface area is 112 Å². The fraction of sp³-hybridized carbons (Fsp3) is 0.500. The van der Waals surface area contributed by atoms with Crippen LogP contribution in [0.1, 0.15) is 11.6 Å². The summed E-state index contributed by atoms with van der Waals surface area (Å²) in [5, 5.41) is 3.07. The van der Waals surface area contributed by atoms with Gasteiger partial charge in [-0.1, -0.05) is 28.1 Å². The maximum Gasteiger partial charge on any atom is 0.408 e. The molecule has 0 amide bonds. The average Bonchev–Trinajstić information content (AvgIpc) is 2.32. The van der Waals surface area contributed by atoms with Crippen LogP contribution in [0.2, 0.25) is 0 Å². The summed E-state index contributed by atoms with van der Waals surface area (Å²) in [6, 6.07) is 4.86. The summed E-state index contributed by atoms with van der Waals surface area (Å²) in [5.41, 5.74) is 0.299. The summed E-state index contributed by atoms with van der Waals surface area (Å²) in [6.07, 6.45) is -4.24. The molecule has 0 saturated carbocycles. The Hall–Kier alpha value is -0.590. The largest absolute Gasteiger partial charge is 0.408 e. The Morgan fingerprint density at radius 2 is 1.67 bits per heavy atom. The number of rotatable bonds is 2. The lowest BCUT2D eigenvalue weighted by atomic mass is 10.0. The molecule has 100 valence electrons. The highest BCUT2D eigenvalue weighted by molar-refractivity contribution is 9.10. The first-order chi connectivity index (χ1) is 8.48. The maximum absolute atomic E-state index is 13.2. The second-order valence-electron chi connectivity index (χ2n) is 4.28. The molecule has 0 aromatic heterocycles. The molecule has 1 aromatic rings. The van der Waals surface area contributed by atoms with Crippen molar-refractivity contribution in [3.8, 4) is 0 Å².